The van der Waals surface area contributed by atoms with Gasteiger partial charge in [-0.25, -0.2) is 16.8 Å². The SMILES string of the molecule is CS(=O)(=O)N(CC(=O)Nc1ccc(S(=O)(=O)Nc2cccnc2)cc1)c1ccc(OCc2ccccc2)cc1. The number of nitrogens with one attached hydrogen (secondary N) is 2. The van der Waals surface area contributed by atoms with Gasteiger partial charge >= 0.3 is 0 Å². The second kappa shape index (κ2) is 12.0. The molecule has 3 aromatic carbocycles. The summed E-state index contributed by atoms with van der Waals surface area (Å²) in [5, 5.41) is 2.60. The summed E-state index contributed by atoms with van der Waals surface area (Å²) < 4.78 is 59.2. The highest BCUT2D eigenvalue weighted by atomic mass is 32.2. The number of ether oxygens (including phenoxy) is 1. The summed E-state index contributed by atoms with van der Waals surface area (Å²) in [6.45, 7) is -0.121. The zero-order valence-corrected chi connectivity index (χ0v) is 22.5. The summed E-state index contributed by atoms with van der Waals surface area (Å²) in [5.41, 5.74) is 1.90. The minimum Gasteiger partial charge on any atom is -0.489 e. The van der Waals surface area contributed by atoms with Crippen LogP contribution in [0.5, 0.6) is 5.75 Å². The zero-order chi connectivity index (χ0) is 27.9. The molecule has 39 heavy (non-hydrogen) atoms. The van der Waals surface area contributed by atoms with E-state index in [1.165, 1.54) is 36.7 Å². The largest absolute Gasteiger partial charge is 0.489 e. The first kappa shape index (κ1) is 27.6. The van der Waals surface area contributed by atoms with Crippen molar-refractivity contribution in [1.82, 2.24) is 4.98 Å². The molecule has 0 aliphatic rings. The second-order valence-electron chi connectivity index (χ2n) is 8.46. The Bertz CT molecular complexity index is 1610. The van der Waals surface area contributed by atoms with Crippen LogP contribution in [-0.2, 0) is 31.4 Å². The summed E-state index contributed by atoms with van der Waals surface area (Å²) in [4.78, 5) is 16.6. The monoisotopic (exact) mass is 566 g/mol. The van der Waals surface area contributed by atoms with Gasteiger partial charge < -0.3 is 10.1 Å². The molecule has 4 rings (SSSR count). The quantitative estimate of drug-likeness (QED) is 0.281. The van der Waals surface area contributed by atoms with Crippen molar-refractivity contribution in [1.29, 1.82) is 0 Å². The normalized spacial score (nSPS) is 11.4. The Labute approximate surface area is 227 Å². The van der Waals surface area contributed by atoms with E-state index in [9.17, 15) is 21.6 Å². The molecule has 0 bridgehead atoms. The Morgan fingerprint density at radius 3 is 2.15 bits per heavy atom. The molecule has 1 amide bonds. The van der Waals surface area contributed by atoms with E-state index in [-0.39, 0.29) is 4.90 Å². The first-order valence-electron chi connectivity index (χ1n) is 11.7. The van der Waals surface area contributed by atoms with Crippen molar-refractivity contribution in [2.24, 2.45) is 0 Å². The van der Waals surface area contributed by atoms with Crippen LogP contribution in [-0.4, -0.2) is 40.5 Å². The molecule has 4 aromatic rings. The lowest BCUT2D eigenvalue weighted by atomic mass is 10.2. The fourth-order valence-corrected chi connectivity index (χ4v) is 5.43. The fourth-order valence-electron chi connectivity index (χ4n) is 3.54. The standard InChI is InChI=1S/C27H26N4O6S2/c1-38(33,34)31(24-11-13-25(14-12-24)37-20-21-6-3-2-4-7-21)19-27(32)29-22-9-15-26(16-10-22)39(35,36)30-23-8-5-17-28-18-23/h2-18,30H,19-20H2,1H3,(H,29,32). The van der Waals surface area contributed by atoms with E-state index in [2.05, 4.69) is 15.0 Å². The number of amides is 1. The predicted molar refractivity (Wildman–Crippen MR) is 150 cm³/mol. The number of benzene rings is 3. The minimum atomic E-state index is -3.86. The first-order valence-corrected chi connectivity index (χ1v) is 15.0. The Morgan fingerprint density at radius 2 is 1.54 bits per heavy atom. The molecule has 1 aromatic heterocycles. The molecule has 2 N–H and O–H groups in total. The number of pyridine rings is 1. The molecule has 0 saturated carbocycles. The number of anilines is 3. The van der Waals surface area contributed by atoms with Gasteiger partial charge in [-0.05, 0) is 66.2 Å². The molecule has 10 nitrogen and oxygen atoms in total. The molecule has 0 aliphatic carbocycles. The van der Waals surface area contributed by atoms with Gasteiger partial charge in [0.15, 0.2) is 0 Å². The Balaban J connectivity index is 1.39. The Morgan fingerprint density at radius 1 is 0.846 bits per heavy atom. The van der Waals surface area contributed by atoms with Gasteiger partial charge in [0.2, 0.25) is 15.9 Å². The summed E-state index contributed by atoms with van der Waals surface area (Å²) in [6.07, 6.45) is 3.91. The van der Waals surface area contributed by atoms with E-state index >= 15 is 0 Å². The van der Waals surface area contributed by atoms with Gasteiger partial charge in [-0.2, -0.15) is 0 Å². The van der Waals surface area contributed by atoms with Crippen LogP contribution in [0.2, 0.25) is 0 Å². The highest BCUT2D eigenvalue weighted by Crippen LogP contribution is 2.23. The summed E-state index contributed by atoms with van der Waals surface area (Å²) in [7, 11) is -7.65. The van der Waals surface area contributed by atoms with Gasteiger partial charge in [-0.15, -0.1) is 0 Å². The summed E-state index contributed by atoms with van der Waals surface area (Å²) in [5.74, 6) is -0.0533. The van der Waals surface area contributed by atoms with Crippen molar-refractivity contribution in [2.75, 3.05) is 27.1 Å². The topological polar surface area (TPSA) is 135 Å². The minimum absolute atomic E-state index is 0.0170. The Hall–Kier alpha value is -4.42. The van der Waals surface area contributed by atoms with Crippen molar-refractivity contribution < 1.29 is 26.4 Å². The van der Waals surface area contributed by atoms with E-state index in [0.717, 1.165) is 16.1 Å². The number of sulfonamides is 2. The van der Waals surface area contributed by atoms with Crippen LogP contribution < -0.4 is 19.1 Å². The second-order valence-corrected chi connectivity index (χ2v) is 12.0. The fraction of sp³-hybridized carbons (Fsp3) is 0.111. The lowest BCUT2D eigenvalue weighted by Crippen LogP contribution is -2.37. The highest BCUT2D eigenvalue weighted by molar-refractivity contribution is 7.92. The molecule has 0 atom stereocenters. The molecule has 202 valence electrons. The molecular formula is C27H26N4O6S2. The van der Waals surface area contributed by atoms with Crippen molar-refractivity contribution in [3.05, 3.63) is 109 Å². The molecule has 0 aliphatic heterocycles. The average Bonchev–Trinajstić information content (AvgIpc) is 2.91. The van der Waals surface area contributed by atoms with Crippen molar-refractivity contribution in [3.8, 4) is 5.75 Å². The van der Waals surface area contributed by atoms with Crippen LogP contribution in [0.25, 0.3) is 0 Å². The predicted octanol–water partition coefficient (Wildman–Crippen LogP) is 3.87. The average molecular weight is 567 g/mol. The zero-order valence-electron chi connectivity index (χ0n) is 20.9. The van der Waals surface area contributed by atoms with Crippen LogP contribution >= 0.6 is 0 Å². The van der Waals surface area contributed by atoms with Gasteiger partial charge in [0.25, 0.3) is 10.0 Å². The van der Waals surface area contributed by atoms with Crippen LogP contribution in [0, 0.1) is 0 Å². The molecule has 1 heterocycles. The van der Waals surface area contributed by atoms with E-state index in [1.54, 1.807) is 36.4 Å². The number of aromatic nitrogens is 1. The molecule has 0 spiro atoms. The van der Waals surface area contributed by atoms with Crippen LogP contribution in [0.4, 0.5) is 17.1 Å². The number of carbonyl (C=O) groups is 1. The number of hydrogen-bond acceptors (Lipinski definition) is 7. The number of nitrogens with zero attached hydrogens (tertiary/aromatic N) is 2. The molecule has 0 saturated heterocycles. The summed E-state index contributed by atoms with van der Waals surface area (Å²) in [6, 6.07) is 24.6. The third kappa shape index (κ3) is 7.79. The number of hydrogen-bond donors (Lipinski definition) is 2. The van der Waals surface area contributed by atoms with Gasteiger partial charge in [0.05, 0.1) is 28.7 Å². The smallest absolute Gasteiger partial charge is 0.261 e. The van der Waals surface area contributed by atoms with E-state index in [4.69, 9.17) is 4.74 Å². The maximum Gasteiger partial charge on any atom is 0.261 e. The molecule has 12 heteroatoms. The van der Waals surface area contributed by atoms with Crippen molar-refractivity contribution in [2.45, 2.75) is 11.5 Å². The highest BCUT2D eigenvalue weighted by Gasteiger charge is 2.21. The van der Waals surface area contributed by atoms with Gasteiger partial charge in [0, 0.05) is 11.9 Å². The third-order valence-electron chi connectivity index (χ3n) is 5.42. The summed E-state index contributed by atoms with van der Waals surface area (Å²) >= 11 is 0. The third-order valence-corrected chi connectivity index (χ3v) is 7.96. The van der Waals surface area contributed by atoms with E-state index < -0.39 is 32.5 Å². The molecular weight excluding hydrogens is 540 g/mol. The van der Waals surface area contributed by atoms with Crippen molar-refractivity contribution in [3.63, 3.8) is 0 Å². The van der Waals surface area contributed by atoms with Crippen molar-refractivity contribution >= 4 is 43.0 Å². The van der Waals surface area contributed by atoms with Gasteiger partial charge in [0.1, 0.15) is 18.9 Å². The maximum atomic E-state index is 12.7. The number of rotatable bonds is 11. The van der Waals surface area contributed by atoms with Crippen LogP contribution in [0.3, 0.4) is 0 Å². The van der Waals surface area contributed by atoms with Gasteiger partial charge in [-0.1, -0.05) is 30.3 Å². The maximum absolute atomic E-state index is 12.7. The van der Waals surface area contributed by atoms with E-state index in [1.807, 2.05) is 30.3 Å². The lowest BCUT2D eigenvalue weighted by molar-refractivity contribution is -0.114. The van der Waals surface area contributed by atoms with Crippen LogP contribution in [0.1, 0.15) is 5.56 Å². The van der Waals surface area contributed by atoms with Gasteiger partial charge in [-0.3, -0.25) is 18.8 Å². The first-order chi connectivity index (χ1) is 18.6. The number of carbonyl (C=O) groups excluding carboxylic acids is 1. The Kier molecular flexibility index (Phi) is 8.47. The molecule has 0 radical (unpaired) electrons. The molecule has 0 fully saturated rings. The molecule has 0 unspecified atom stereocenters. The van der Waals surface area contributed by atoms with E-state index in [0.29, 0.717) is 29.4 Å². The lowest BCUT2D eigenvalue weighted by Gasteiger charge is -2.22. The van der Waals surface area contributed by atoms with Crippen LogP contribution in [0.15, 0.2) is 108 Å².